The van der Waals surface area contributed by atoms with E-state index in [1.165, 1.54) is 31.4 Å². The molecule has 1 saturated heterocycles. The highest BCUT2D eigenvalue weighted by molar-refractivity contribution is 6.29. The summed E-state index contributed by atoms with van der Waals surface area (Å²) in [6.07, 6.45) is 5.81. The van der Waals surface area contributed by atoms with Gasteiger partial charge in [-0.2, -0.15) is 0 Å². The first-order chi connectivity index (χ1) is 7.31. The summed E-state index contributed by atoms with van der Waals surface area (Å²) in [5.74, 6) is 0. The minimum absolute atomic E-state index is 0.550. The van der Waals surface area contributed by atoms with E-state index in [1.54, 1.807) is 0 Å². The maximum atomic E-state index is 5.80. The number of hydrogen-bond acceptors (Lipinski definition) is 2. The van der Waals surface area contributed by atoms with Crippen LogP contribution in [0.15, 0.2) is 18.3 Å². The molecule has 2 nitrogen and oxygen atoms in total. The first-order valence-electron chi connectivity index (χ1n) is 5.66. The van der Waals surface area contributed by atoms with E-state index in [1.807, 2.05) is 12.3 Å². The Morgan fingerprint density at radius 3 is 3.00 bits per heavy atom. The van der Waals surface area contributed by atoms with E-state index in [-0.39, 0.29) is 0 Å². The number of aromatic nitrogens is 1. The molecule has 82 valence electrons. The number of pyridine rings is 1. The molecule has 0 radical (unpaired) electrons. The highest BCUT2D eigenvalue weighted by atomic mass is 35.5. The fourth-order valence-electron chi connectivity index (χ4n) is 2.33. The van der Waals surface area contributed by atoms with Gasteiger partial charge in [-0.3, -0.25) is 4.90 Å². The molecule has 0 bridgehead atoms. The van der Waals surface area contributed by atoms with Crippen LogP contribution in [0.25, 0.3) is 0 Å². The lowest BCUT2D eigenvalue weighted by molar-refractivity contribution is 0.157. The predicted octanol–water partition coefficient (Wildman–Crippen LogP) is 3.28. The molecule has 1 fully saturated rings. The average molecular weight is 225 g/mol. The molecule has 0 amide bonds. The predicted molar refractivity (Wildman–Crippen MR) is 63.1 cm³/mol. The highest BCUT2D eigenvalue weighted by Gasteiger charge is 2.22. The van der Waals surface area contributed by atoms with Gasteiger partial charge in [0.1, 0.15) is 5.15 Å². The van der Waals surface area contributed by atoms with Crippen LogP contribution in [0.1, 0.15) is 37.8 Å². The summed E-state index contributed by atoms with van der Waals surface area (Å²) in [5, 5.41) is 0.581. The topological polar surface area (TPSA) is 16.1 Å². The summed E-state index contributed by atoms with van der Waals surface area (Å²) in [6.45, 7) is 4.55. The van der Waals surface area contributed by atoms with E-state index in [4.69, 9.17) is 11.6 Å². The Hall–Kier alpha value is -0.600. The molecule has 0 N–H and O–H groups in total. The van der Waals surface area contributed by atoms with Crippen LogP contribution in [0.2, 0.25) is 5.15 Å². The normalized spacial score (nSPS) is 22.9. The van der Waals surface area contributed by atoms with E-state index >= 15 is 0 Å². The van der Waals surface area contributed by atoms with Crippen molar-refractivity contribution in [2.45, 2.75) is 32.2 Å². The van der Waals surface area contributed by atoms with Crippen LogP contribution in [0, 0.1) is 0 Å². The molecule has 1 aromatic heterocycles. The lowest BCUT2D eigenvalue weighted by Crippen LogP contribution is -2.33. The molecule has 3 heteroatoms. The van der Waals surface area contributed by atoms with Crippen molar-refractivity contribution in [1.82, 2.24) is 9.88 Å². The Kier molecular flexibility index (Phi) is 3.60. The fraction of sp³-hybridized carbons (Fsp3) is 0.583. The molecule has 0 unspecified atom stereocenters. The van der Waals surface area contributed by atoms with Crippen LogP contribution in [-0.2, 0) is 0 Å². The van der Waals surface area contributed by atoms with Crippen LogP contribution in [0.3, 0.4) is 0 Å². The van der Waals surface area contributed by atoms with Crippen LogP contribution >= 0.6 is 11.6 Å². The summed E-state index contributed by atoms with van der Waals surface area (Å²) in [4.78, 5) is 6.68. The van der Waals surface area contributed by atoms with Crippen molar-refractivity contribution in [3.05, 3.63) is 29.0 Å². The second kappa shape index (κ2) is 4.95. The molecule has 1 aromatic rings. The number of rotatable bonds is 2. The fourth-order valence-corrected chi connectivity index (χ4v) is 2.44. The molecule has 1 aliphatic rings. The Morgan fingerprint density at radius 1 is 1.47 bits per heavy atom. The Bertz CT molecular complexity index is 310. The zero-order chi connectivity index (χ0) is 10.7. The average Bonchev–Trinajstić information content (AvgIpc) is 2.30. The third-order valence-corrected chi connectivity index (χ3v) is 3.38. The van der Waals surface area contributed by atoms with E-state index < -0.39 is 0 Å². The smallest absolute Gasteiger partial charge is 0.129 e. The Balaban J connectivity index is 2.16. The van der Waals surface area contributed by atoms with Gasteiger partial charge in [0.05, 0.1) is 0 Å². The van der Waals surface area contributed by atoms with Crippen LogP contribution < -0.4 is 0 Å². The van der Waals surface area contributed by atoms with Crippen molar-refractivity contribution in [3.63, 3.8) is 0 Å². The SMILES string of the molecule is CCN1CCCC[C@@H]1c1ccc(Cl)nc1. The quantitative estimate of drug-likeness (QED) is 0.717. The molecule has 2 heterocycles. The van der Waals surface area contributed by atoms with Gasteiger partial charge in [0.15, 0.2) is 0 Å². The standard InChI is InChI=1S/C12H17ClN2/c1-2-15-8-4-3-5-11(15)10-6-7-12(13)14-9-10/h6-7,9,11H,2-5,8H2,1H3/t11-/m1/s1. The lowest BCUT2D eigenvalue weighted by Gasteiger charge is -2.34. The maximum Gasteiger partial charge on any atom is 0.129 e. The first-order valence-corrected chi connectivity index (χ1v) is 6.04. The van der Waals surface area contributed by atoms with Crippen molar-refractivity contribution in [2.75, 3.05) is 13.1 Å². The zero-order valence-corrected chi connectivity index (χ0v) is 9.87. The highest BCUT2D eigenvalue weighted by Crippen LogP contribution is 2.30. The largest absolute Gasteiger partial charge is 0.297 e. The monoisotopic (exact) mass is 224 g/mol. The van der Waals surface area contributed by atoms with Gasteiger partial charge in [-0.05, 0) is 37.6 Å². The Labute approximate surface area is 96.3 Å². The van der Waals surface area contributed by atoms with Gasteiger partial charge < -0.3 is 0 Å². The van der Waals surface area contributed by atoms with Crippen LogP contribution in [-0.4, -0.2) is 23.0 Å². The molecule has 1 aliphatic heterocycles. The second-order valence-electron chi connectivity index (χ2n) is 4.05. The third kappa shape index (κ3) is 2.50. The molecule has 0 saturated carbocycles. The summed E-state index contributed by atoms with van der Waals surface area (Å²) in [7, 11) is 0. The molecule has 0 aliphatic carbocycles. The van der Waals surface area contributed by atoms with E-state index in [0.29, 0.717) is 11.2 Å². The number of likely N-dealkylation sites (tertiary alicyclic amines) is 1. The van der Waals surface area contributed by atoms with E-state index in [0.717, 1.165) is 6.54 Å². The van der Waals surface area contributed by atoms with Gasteiger partial charge in [0, 0.05) is 12.2 Å². The molecule has 15 heavy (non-hydrogen) atoms. The van der Waals surface area contributed by atoms with Gasteiger partial charge in [0.2, 0.25) is 0 Å². The van der Waals surface area contributed by atoms with E-state index in [2.05, 4.69) is 22.9 Å². The van der Waals surface area contributed by atoms with Gasteiger partial charge in [-0.1, -0.05) is 31.0 Å². The number of hydrogen-bond donors (Lipinski definition) is 0. The first kappa shape index (κ1) is 10.9. The third-order valence-electron chi connectivity index (χ3n) is 3.15. The number of halogens is 1. The van der Waals surface area contributed by atoms with Gasteiger partial charge >= 0.3 is 0 Å². The summed E-state index contributed by atoms with van der Waals surface area (Å²) in [6, 6.07) is 4.54. The summed E-state index contributed by atoms with van der Waals surface area (Å²) < 4.78 is 0. The van der Waals surface area contributed by atoms with Gasteiger partial charge in [0.25, 0.3) is 0 Å². The van der Waals surface area contributed by atoms with Crippen molar-refractivity contribution in [2.24, 2.45) is 0 Å². The van der Waals surface area contributed by atoms with Crippen molar-refractivity contribution >= 4 is 11.6 Å². The molecular formula is C12H17ClN2. The van der Waals surface area contributed by atoms with Crippen molar-refractivity contribution < 1.29 is 0 Å². The van der Waals surface area contributed by atoms with Gasteiger partial charge in [-0.25, -0.2) is 4.98 Å². The molecule has 0 spiro atoms. The molecule has 1 atom stereocenters. The second-order valence-corrected chi connectivity index (χ2v) is 4.44. The zero-order valence-electron chi connectivity index (χ0n) is 9.12. The molecule has 0 aromatic carbocycles. The van der Waals surface area contributed by atoms with Crippen LogP contribution in [0.4, 0.5) is 0 Å². The van der Waals surface area contributed by atoms with Gasteiger partial charge in [-0.15, -0.1) is 0 Å². The van der Waals surface area contributed by atoms with Crippen LogP contribution in [0.5, 0.6) is 0 Å². The molecular weight excluding hydrogens is 208 g/mol. The lowest BCUT2D eigenvalue weighted by atomic mass is 9.96. The molecule has 2 rings (SSSR count). The minimum atomic E-state index is 0.550. The number of nitrogens with zero attached hydrogens (tertiary/aromatic N) is 2. The van der Waals surface area contributed by atoms with Crippen molar-refractivity contribution in [3.8, 4) is 0 Å². The summed E-state index contributed by atoms with van der Waals surface area (Å²) in [5.41, 5.74) is 1.31. The summed E-state index contributed by atoms with van der Waals surface area (Å²) >= 11 is 5.80. The minimum Gasteiger partial charge on any atom is -0.297 e. The van der Waals surface area contributed by atoms with E-state index in [9.17, 15) is 0 Å². The Morgan fingerprint density at radius 2 is 2.33 bits per heavy atom. The maximum absolute atomic E-state index is 5.80. The number of piperidine rings is 1. The van der Waals surface area contributed by atoms with Crippen molar-refractivity contribution in [1.29, 1.82) is 0 Å².